The zero-order chi connectivity index (χ0) is 15.4. The van der Waals surface area contributed by atoms with E-state index in [2.05, 4.69) is 11.2 Å². The number of benzene rings is 1. The highest BCUT2D eigenvalue weighted by Gasteiger charge is 2.12. The van der Waals surface area contributed by atoms with Crippen LogP contribution in [0, 0.1) is 0 Å². The number of hydrogen-bond acceptors (Lipinski definition) is 2. The van der Waals surface area contributed by atoms with Crippen LogP contribution in [0.25, 0.3) is 11.1 Å². The number of rotatable bonds is 4. The zero-order valence-electron chi connectivity index (χ0n) is 11.8. The Morgan fingerprint density at radius 2 is 1.48 bits per heavy atom. The molecule has 21 heavy (non-hydrogen) atoms. The molecular weight excluding hydrogens is 306 g/mol. The predicted octanol–water partition coefficient (Wildman–Crippen LogP) is 1.09. The average molecular weight is 324 g/mol. The molecule has 0 aromatic heterocycles. The molecule has 0 aliphatic heterocycles. The molecule has 1 unspecified atom stereocenters. The quantitative estimate of drug-likeness (QED) is 0.653. The van der Waals surface area contributed by atoms with Gasteiger partial charge in [0.15, 0.2) is 8.38 Å². The molecule has 1 atom stereocenters. The normalized spacial score (nSPS) is 12.4. The fourth-order valence-corrected chi connectivity index (χ4v) is 3.14. The van der Waals surface area contributed by atoms with Gasteiger partial charge in [0.25, 0.3) is 0 Å². The highest BCUT2D eigenvalue weighted by Crippen LogP contribution is 2.27. The molecule has 0 amide bonds. The first-order valence-electron chi connectivity index (χ1n) is 6.31. The van der Waals surface area contributed by atoms with Crippen LogP contribution in [0.2, 0.25) is 0 Å². The Bertz CT molecular complexity index is 671. The minimum atomic E-state index is -2.16. The maximum Gasteiger partial charge on any atom is 0.347 e. The van der Waals surface area contributed by atoms with E-state index < -0.39 is 16.5 Å². The Kier molecular flexibility index (Phi) is 5.58. The molecule has 110 valence electrons. The summed E-state index contributed by atoms with van der Waals surface area (Å²) in [5.74, 6) is 0. The Hall–Kier alpha value is -1.15. The predicted molar refractivity (Wildman–Crippen MR) is 88.6 cm³/mol. The molecule has 4 nitrogen and oxygen atoms in total. The van der Waals surface area contributed by atoms with E-state index in [4.69, 9.17) is 0 Å². The van der Waals surface area contributed by atoms with Gasteiger partial charge in [0.1, 0.15) is 7.11 Å². The monoisotopic (exact) mass is 324 g/mol. The van der Waals surface area contributed by atoms with Crippen molar-refractivity contribution in [2.75, 3.05) is 13.8 Å². The van der Waals surface area contributed by atoms with Gasteiger partial charge in [-0.2, -0.15) is 0 Å². The lowest BCUT2D eigenvalue weighted by atomic mass is 10.1. The van der Waals surface area contributed by atoms with Gasteiger partial charge >= 0.3 is 5.43 Å². The van der Waals surface area contributed by atoms with Crippen molar-refractivity contribution in [1.82, 2.24) is 0 Å². The highest BCUT2D eigenvalue weighted by atomic mass is 31.2. The third-order valence-corrected chi connectivity index (χ3v) is 5.60. The van der Waals surface area contributed by atoms with E-state index in [1.807, 2.05) is 31.4 Å². The smallest absolute Gasteiger partial charge is 0.347 e. The second-order valence-electron chi connectivity index (χ2n) is 4.45. The molecule has 0 heterocycles. The summed E-state index contributed by atoms with van der Waals surface area (Å²) in [6, 6.07) is 14.2. The molecule has 0 radical (unpaired) electrons. The zero-order valence-corrected chi connectivity index (χ0v) is 13.6. The van der Waals surface area contributed by atoms with Gasteiger partial charge in [-0.3, -0.25) is 4.79 Å². The summed E-state index contributed by atoms with van der Waals surface area (Å²) < 4.78 is 4.28. The van der Waals surface area contributed by atoms with Gasteiger partial charge in [-0.15, -0.1) is 0 Å². The van der Waals surface area contributed by atoms with E-state index in [9.17, 15) is 14.6 Å². The van der Waals surface area contributed by atoms with Crippen molar-refractivity contribution in [3.05, 3.63) is 54.0 Å². The fourth-order valence-electron chi connectivity index (χ4n) is 1.91. The van der Waals surface area contributed by atoms with Crippen LogP contribution in [-0.4, -0.2) is 32.9 Å². The van der Waals surface area contributed by atoms with E-state index in [0.29, 0.717) is 10.9 Å². The standard InChI is InChI=1S/C15H16O4P2/c1-19-20(2)12-5-3-11(4-6-12)14-9-7-13(21(17)18)8-10-15(14)16/h3-10,17-18H,1-2H3/p+2. The van der Waals surface area contributed by atoms with Gasteiger partial charge in [0, 0.05) is 18.0 Å². The van der Waals surface area contributed by atoms with Crippen LogP contribution in [0.3, 0.4) is 0 Å². The summed E-state index contributed by atoms with van der Waals surface area (Å²) >= 11 is 0. The van der Waals surface area contributed by atoms with Crippen molar-refractivity contribution in [2.45, 2.75) is 0 Å². The van der Waals surface area contributed by atoms with E-state index in [1.54, 1.807) is 12.1 Å². The van der Waals surface area contributed by atoms with Crippen LogP contribution in [-0.2, 0) is 0 Å². The minimum Gasteiger partial charge on any atom is -0.423 e. The van der Waals surface area contributed by atoms with Crippen molar-refractivity contribution < 1.29 is 19.1 Å². The summed E-state index contributed by atoms with van der Waals surface area (Å²) in [6.45, 7) is 2.08. The average Bonchev–Trinajstić information content (AvgIpc) is 2.68. The molecule has 0 saturated carbocycles. The topological polar surface area (TPSA) is 74.7 Å². The van der Waals surface area contributed by atoms with Gasteiger partial charge in [-0.25, -0.2) is 0 Å². The Morgan fingerprint density at radius 3 is 2.05 bits per heavy atom. The number of aliphatic hydroxyl groups is 1. The van der Waals surface area contributed by atoms with Crippen molar-refractivity contribution >= 4 is 27.1 Å². The third-order valence-electron chi connectivity index (χ3n) is 3.19. The maximum atomic E-state index is 10.1. The van der Waals surface area contributed by atoms with E-state index in [-0.39, 0.29) is 5.43 Å². The van der Waals surface area contributed by atoms with Crippen LogP contribution in [0.5, 0.6) is 0 Å². The molecule has 0 aliphatic carbocycles. The van der Waals surface area contributed by atoms with E-state index >= 15 is 0 Å². The van der Waals surface area contributed by atoms with Crippen LogP contribution >= 0.6 is 16.5 Å². The molecule has 0 aliphatic rings. The number of hydrogen-bond donors (Lipinski definition) is 2. The molecule has 4 N–H and O–H groups in total. The lowest BCUT2D eigenvalue weighted by molar-refractivity contribution is 0.256. The lowest BCUT2D eigenvalue weighted by Crippen LogP contribution is -2.05. The molecule has 2 aromatic rings. The van der Waals surface area contributed by atoms with Gasteiger partial charge < -0.3 is 14.3 Å². The fraction of sp³-hybridized carbons (Fsp3) is 0.133. The van der Waals surface area contributed by atoms with Gasteiger partial charge in [0.2, 0.25) is 8.15 Å². The van der Waals surface area contributed by atoms with Crippen molar-refractivity contribution in [3.63, 3.8) is 0 Å². The molecule has 0 spiro atoms. The summed E-state index contributed by atoms with van der Waals surface area (Å²) in [7, 11) is -0.840. The third kappa shape index (κ3) is 3.94. The van der Waals surface area contributed by atoms with Gasteiger partial charge in [-0.1, -0.05) is 12.1 Å². The summed E-state index contributed by atoms with van der Waals surface area (Å²) in [6.07, 6.45) is 0. The molecule has 6 heteroatoms. The molecular formula is C15H18O4P2+2. The van der Waals surface area contributed by atoms with Crippen LogP contribution in [0.4, 0.5) is 0 Å². The molecule has 2 aromatic carbocycles. The minimum absolute atomic E-state index is 0.102. The van der Waals surface area contributed by atoms with Gasteiger partial charge in [-0.05, 0) is 35.9 Å². The van der Waals surface area contributed by atoms with Crippen molar-refractivity contribution in [3.8, 4) is 11.1 Å². The first kappa shape index (κ1) is 16.2. The molecule has 0 saturated heterocycles. The Morgan fingerprint density at radius 1 is 0.905 bits per heavy atom. The second kappa shape index (κ2) is 7.22. The van der Waals surface area contributed by atoms with Crippen LogP contribution in [0.1, 0.15) is 0 Å². The van der Waals surface area contributed by atoms with Crippen LogP contribution in [0.15, 0.2) is 48.5 Å². The summed E-state index contributed by atoms with van der Waals surface area (Å²) in [5, 5.41) is 1.57. The highest BCUT2D eigenvalue weighted by molar-refractivity contribution is 7.59. The molecule has 0 bridgehead atoms. The second-order valence-corrected chi connectivity index (χ2v) is 7.51. The largest absolute Gasteiger partial charge is 0.423 e. The van der Waals surface area contributed by atoms with Crippen molar-refractivity contribution in [1.29, 1.82) is 0 Å². The van der Waals surface area contributed by atoms with Crippen molar-refractivity contribution in [2.24, 2.45) is 0 Å². The summed E-state index contributed by atoms with van der Waals surface area (Å²) in [4.78, 5) is 28.6. The molecule has 0 fully saturated rings. The van der Waals surface area contributed by atoms with E-state index in [0.717, 1.165) is 5.56 Å². The van der Waals surface area contributed by atoms with E-state index in [1.165, 1.54) is 17.4 Å². The first-order valence-corrected chi connectivity index (χ1v) is 9.30. The Labute approximate surface area is 125 Å². The van der Waals surface area contributed by atoms with Gasteiger partial charge in [0.05, 0.1) is 10.9 Å². The summed E-state index contributed by atoms with van der Waals surface area (Å²) in [5.41, 5.74) is 1.63. The lowest BCUT2D eigenvalue weighted by Gasteiger charge is -2.04. The van der Waals surface area contributed by atoms with Crippen LogP contribution < -0.4 is 16.0 Å². The maximum absolute atomic E-state index is 10.1. The SMILES string of the molecule is C[OH+]P(C)c1ccc(-c2ccc(P(O)O)ccc2=[OH+])cc1. The molecule has 2 rings (SSSR count). The first-order chi connectivity index (χ1) is 10.0. The Balaban J connectivity index is 2.42.